The van der Waals surface area contributed by atoms with Crippen LogP contribution in [0, 0.1) is 6.92 Å². The molecule has 146 valence electrons. The highest BCUT2D eigenvalue weighted by molar-refractivity contribution is 7.99. The van der Waals surface area contributed by atoms with E-state index in [0.29, 0.717) is 23.7 Å². The molecular weight excluding hydrogens is 377 g/mol. The zero-order chi connectivity index (χ0) is 19.9. The lowest BCUT2D eigenvalue weighted by Gasteiger charge is -2.20. The molecule has 0 atom stereocenters. The van der Waals surface area contributed by atoms with Gasteiger partial charge in [-0.15, -0.1) is 6.58 Å². The van der Waals surface area contributed by atoms with E-state index in [-0.39, 0.29) is 18.1 Å². The van der Waals surface area contributed by atoms with E-state index < -0.39 is 12.6 Å². The number of alkyl halides is 3. The van der Waals surface area contributed by atoms with E-state index >= 15 is 0 Å². The van der Waals surface area contributed by atoms with Gasteiger partial charge in [0.05, 0.1) is 35.9 Å². The molecule has 0 unspecified atom stereocenters. The van der Waals surface area contributed by atoms with Crippen molar-refractivity contribution in [3.05, 3.63) is 49.1 Å². The maximum absolute atomic E-state index is 12.6. The summed E-state index contributed by atoms with van der Waals surface area (Å²) in [4.78, 5) is 18.2. The minimum Gasteiger partial charge on any atom is -0.305 e. The summed E-state index contributed by atoms with van der Waals surface area (Å²) in [7, 11) is 0. The van der Waals surface area contributed by atoms with Gasteiger partial charge in [0.15, 0.2) is 0 Å². The number of pyridine rings is 1. The van der Waals surface area contributed by atoms with Gasteiger partial charge in [-0.2, -0.15) is 30.0 Å². The van der Waals surface area contributed by atoms with Crippen LogP contribution in [0.15, 0.2) is 43.4 Å². The molecule has 0 aliphatic heterocycles. The number of anilines is 1. The van der Waals surface area contributed by atoms with Gasteiger partial charge >= 0.3 is 6.18 Å². The first kappa shape index (κ1) is 21.0. The van der Waals surface area contributed by atoms with Crippen LogP contribution >= 0.6 is 11.8 Å². The minimum atomic E-state index is -4.16. The zero-order valence-corrected chi connectivity index (χ0v) is 15.8. The highest BCUT2D eigenvalue weighted by Crippen LogP contribution is 2.24. The lowest BCUT2D eigenvalue weighted by molar-refractivity contribution is -0.129. The number of halogens is 3. The van der Waals surface area contributed by atoms with Crippen molar-refractivity contribution in [1.29, 1.82) is 0 Å². The Bertz CT molecular complexity index is 762. The number of aromatic nitrogens is 3. The van der Waals surface area contributed by atoms with Gasteiger partial charge in [0.25, 0.3) is 0 Å². The third kappa shape index (κ3) is 6.42. The zero-order valence-electron chi connectivity index (χ0n) is 14.9. The first-order valence-electron chi connectivity index (χ1n) is 8.34. The Balaban J connectivity index is 2.03. The van der Waals surface area contributed by atoms with E-state index in [1.165, 1.54) is 0 Å². The number of hydrogen-bond donors (Lipinski definition) is 0. The summed E-state index contributed by atoms with van der Waals surface area (Å²) < 4.78 is 38.1. The van der Waals surface area contributed by atoms with E-state index in [1.54, 1.807) is 47.2 Å². The summed E-state index contributed by atoms with van der Waals surface area (Å²) in [5.41, 5.74) is 2.07. The second-order valence-electron chi connectivity index (χ2n) is 5.78. The van der Waals surface area contributed by atoms with Crippen molar-refractivity contribution in [2.45, 2.75) is 25.9 Å². The summed E-state index contributed by atoms with van der Waals surface area (Å²) in [6.07, 6.45) is 1.80. The monoisotopic (exact) mass is 398 g/mol. The van der Waals surface area contributed by atoms with Gasteiger partial charge in [0, 0.05) is 30.7 Å². The molecule has 0 aliphatic carbocycles. The topological polar surface area (TPSA) is 51.0 Å². The maximum atomic E-state index is 12.6. The number of nitrogens with zero attached hydrogens (tertiary/aromatic N) is 4. The van der Waals surface area contributed by atoms with Crippen LogP contribution in [0.1, 0.15) is 18.5 Å². The SMILES string of the molecule is C=CCN(C(=O)CCSCCC(F)(F)F)c1cn(-c2cccnc2)nc1C. The number of thioether (sulfide) groups is 1. The molecule has 2 heterocycles. The second kappa shape index (κ2) is 9.59. The Hall–Kier alpha value is -2.29. The van der Waals surface area contributed by atoms with E-state index in [2.05, 4.69) is 16.7 Å². The van der Waals surface area contributed by atoms with Crippen LogP contribution < -0.4 is 4.90 Å². The fraction of sp³-hybridized carbons (Fsp3) is 0.389. The number of rotatable bonds is 9. The molecule has 5 nitrogen and oxygen atoms in total. The molecule has 9 heteroatoms. The van der Waals surface area contributed by atoms with Crippen LogP contribution in [0.25, 0.3) is 5.69 Å². The lowest BCUT2D eigenvalue weighted by Crippen LogP contribution is -2.31. The molecule has 2 rings (SSSR count). The molecule has 0 N–H and O–H groups in total. The highest BCUT2D eigenvalue weighted by Gasteiger charge is 2.26. The van der Waals surface area contributed by atoms with Gasteiger partial charge in [0.2, 0.25) is 5.91 Å². The molecule has 2 aromatic rings. The summed E-state index contributed by atoms with van der Waals surface area (Å²) in [6, 6.07) is 3.64. The van der Waals surface area contributed by atoms with Crippen molar-refractivity contribution in [2.75, 3.05) is 23.0 Å². The number of amides is 1. The van der Waals surface area contributed by atoms with Crippen molar-refractivity contribution >= 4 is 23.4 Å². The molecule has 0 saturated carbocycles. The highest BCUT2D eigenvalue weighted by atomic mass is 32.2. The third-order valence-corrected chi connectivity index (χ3v) is 4.66. The average Bonchev–Trinajstić information content (AvgIpc) is 3.00. The molecule has 2 aromatic heterocycles. The Morgan fingerprint density at radius 3 is 2.81 bits per heavy atom. The number of aryl methyl sites for hydroxylation is 1. The van der Waals surface area contributed by atoms with Gasteiger partial charge in [-0.05, 0) is 19.1 Å². The third-order valence-electron chi connectivity index (χ3n) is 3.68. The summed E-state index contributed by atoms with van der Waals surface area (Å²) >= 11 is 1.12. The van der Waals surface area contributed by atoms with Crippen molar-refractivity contribution in [3.8, 4) is 5.69 Å². The molecule has 0 fully saturated rings. The van der Waals surface area contributed by atoms with Gasteiger partial charge in [-0.25, -0.2) is 4.68 Å². The van der Waals surface area contributed by atoms with E-state index in [9.17, 15) is 18.0 Å². The fourth-order valence-corrected chi connectivity index (χ4v) is 3.28. The fourth-order valence-electron chi connectivity index (χ4n) is 2.39. The molecule has 0 spiro atoms. The first-order valence-corrected chi connectivity index (χ1v) is 9.49. The number of carbonyl (C=O) groups is 1. The van der Waals surface area contributed by atoms with Crippen molar-refractivity contribution in [3.63, 3.8) is 0 Å². The Morgan fingerprint density at radius 2 is 2.19 bits per heavy atom. The van der Waals surface area contributed by atoms with Crippen LogP contribution in [0.4, 0.5) is 18.9 Å². The van der Waals surface area contributed by atoms with Gasteiger partial charge in [0.1, 0.15) is 0 Å². The molecule has 0 radical (unpaired) electrons. The van der Waals surface area contributed by atoms with E-state index in [1.807, 2.05) is 6.07 Å². The van der Waals surface area contributed by atoms with Crippen molar-refractivity contribution in [1.82, 2.24) is 14.8 Å². The first-order chi connectivity index (χ1) is 12.8. The standard InChI is InChI=1S/C18H21F3N4OS/c1-3-9-24(17(26)6-10-27-11-7-18(19,20)21)16-13-25(23-14(16)2)15-5-4-8-22-12-15/h3-5,8,12-13H,1,6-7,9-11H2,2H3. The summed E-state index contributed by atoms with van der Waals surface area (Å²) in [5.74, 6) is 0.109. The van der Waals surface area contributed by atoms with Crippen LogP contribution in [0.5, 0.6) is 0 Å². The largest absolute Gasteiger partial charge is 0.389 e. The maximum Gasteiger partial charge on any atom is 0.389 e. The Morgan fingerprint density at radius 1 is 1.41 bits per heavy atom. The molecule has 0 saturated heterocycles. The van der Waals surface area contributed by atoms with Crippen molar-refractivity contribution < 1.29 is 18.0 Å². The second-order valence-corrected chi connectivity index (χ2v) is 7.00. The molecule has 1 amide bonds. The molecule has 27 heavy (non-hydrogen) atoms. The normalized spacial score (nSPS) is 11.4. The summed E-state index contributed by atoms with van der Waals surface area (Å²) in [5, 5.41) is 4.42. The quantitative estimate of drug-likeness (QED) is 0.470. The van der Waals surface area contributed by atoms with Crippen LogP contribution in [-0.4, -0.2) is 44.9 Å². The summed E-state index contributed by atoms with van der Waals surface area (Å²) in [6.45, 7) is 5.77. The Labute approximate surface area is 160 Å². The van der Waals surface area contributed by atoms with Crippen LogP contribution in [-0.2, 0) is 4.79 Å². The number of hydrogen-bond acceptors (Lipinski definition) is 4. The lowest BCUT2D eigenvalue weighted by atomic mass is 10.3. The molecule has 0 aliphatic rings. The van der Waals surface area contributed by atoms with E-state index in [0.717, 1.165) is 17.4 Å². The Kier molecular flexibility index (Phi) is 7.46. The average molecular weight is 398 g/mol. The molecular formula is C18H21F3N4OS. The predicted octanol–water partition coefficient (Wildman–Crippen LogP) is 4.17. The predicted molar refractivity (Wildman–Crippen MR) is 101 cm³/mol. The van der Waals surface area contributed by atoms with E-state index in [4.69, 9.17) is 0 Å². The van der Waals surface area contributed by atoms with Crippen LogP contribution in [0.3, 0.4) is 0 Å². The van der Waals surface area contributed by atoms with Gasteiger partial charge in [-0.3, -0.25) is 9.78 Å². The van der Waals surface area contributed by atoms with Gasteiger partial charge < -0.3 is 4.90 Å². The molecule has 0 bridgehead atoms. The number of carbonyl (C=O) groups excluding carboxylic acids is 1. The minimum absolute atomic E-state index is 0.0454. The van der Waals surface area contributed by atoms with Gasteiger partial charge in [-0.1, -0.05) is 6.08 Å². The van der Waals surface area contributed by atoms with Crippen LogP contribution in [0.2, 0.25) is 0 Å². The van der Waals surface area contributed by atoms with Crippen molar-refractivity contribution in [2.24, 2.45) is 0 Å². The molecule has 0 aromatic carbocycles. The smallest absolute Gasteiger partial charge is 0.305 e.